The van der Waals surface area contributed by atoms with Gasteiger partial charge >= 0.3 is 0 Å². The van der Waals surface area contributed by atoms with Crippen molar-refractivity contribution in [3.05, 3.63) is 58.1 Å². The molecular weight excluding hydrogens is 361 g/mol. The Morgan fingerprint density at radius 1 is 1.20 bits per heavy atom. The molecule has 0 aliphatic heterocycles. The molecule has 3 rings (SSSR count). The Hall–Kier alpha value is -1.91. The van der Waals surface area contributed by atoms with E-state index in [-0.39, 0.29) is 18.6 Å². The average Bonchev–Trinajstić information content (AvgIpc) is 3.44. The van der Waals surface area contributed by atoms with Gasteiger partial charge in [-0.25, -0.2) is 0 Å². The number of carbonyl (C=O) groups excluding carboxylic acids is 1. The van der Waals surface area contributed by atoms with Crippen LogP contribution in [0.5, 0.6) is 11.5 Å². The topological polar surface area (TPSA) is 47.6 Å². The summed E-state index contributed by atoms with van der Waals surface area (Å²) in [4.78, 5) is 12.3. The van der Waals surface area contributed by atoms with Crippen LogP contribution >= 0.6 is 23.2 Å². The van der Waals surface area contributed by atoms with Crippen molar-refractivity contribution in [2.24, 2.45) is 5.92 Å². The highest BCUT2D eigenvalue weighted by molar-refractivity contribution is 6.35. The summed E-state index contributed by atoms with van der Waals surface area (Å²) in [5, 5.41) is 3.97. The van der Waals surface area contributed by atoms with Gasteiger partial charge in [-0.1, -0.05) is 35.3 Å². The Labute approximate surface area is 157 Å². The normalized spacial score (nSPS) is 14.7. The minimum absolute atomic E-state index is 0.0114. The third-order valence-electron chi connectivity index (χ3n) is 4.14. The summed E-state index contributed by atoms with van der Waals surface area (Å²) in [5.41, 5.74) is 1.07. The maximum absolute atomic E-state index is 12.3. The van der Waals surface area contributed by atoms with Crippen molar-refractivity contribution in [1.82, 2.24) is 5.32 Å². The van der Waals surface area contributed by atoms with E-state index >= 15 is 0 Å². The summed E-state index contributed by atoms with van der Waals surface area (Å²) in [7, 11) is 1.63. The van der Waals surface area contributed by atoms with Crippen LogP contribution in [0.25, 0.3) is 0 Å². The lowest BCUT2D eigenvalue weighted by Gasteiger charge is -2.19. The predicted octanol–water partition coefficient (Wildman–Crippen LogP) is 4.65. The second-order valence-corrected chi connectivity index (χ2v) is 6.86. The summed E-state index contributed by atoms with van der Waals surface area (Å²) in [6.45, 7) is -0.0965. The zero-order valence-electron chi connectivity index (χ0n) is 13.8. The van der Waals surface area contributed by atoms with Crippen molar-refractivity contribution < 1.29 is 14.3 Å². The Morgan fingerprint density at radius 2 is 1.92 bits per heavy atom. The lowest BCUT2D eigenvalue weighted by Crippen LogP contribution is -2.33. The second kappa shape index (κ2) is 7.98. The molecule has 1 aliphatic rings. The van der Waals surface area contributed by atoms with Gasteiger partial charge in [-0.3, -0.25) is 4.79 Å². The first-order chi connectivity index (χ1) is 12.1. The average molecular weight is 380 g/mol. The molecule has 1 amide bonds. The zero-order chi connectivity index (χ0) is 17.8. The van der Waals surface area contributed by atoms with Crippen molar-refractivity contribution in [3.8, 4) is 11.5 Å². The lowest BCUT2D eigenvalue weighted by molar-refractivity contribution is -0.124. The highest BCUT2D eigenvalue weighted by Gasteiger charge is 2.33. The molecule has 1 atom stereocenters. The third-order valence-corrected chi connectivity index (χ3v) is 4.67. The molecule has 4 nitrogen and oxygen atoms in total. The number of ether oxygens (including phenoxy) is 2. The van der Waals surface area contributed by atoms with Crippen molar-refractivity contribution in [2.75, 3.05) is 13.7 Å². The number of nitrogens with one attached hydrogen (secondary N) is 1. The van der Waals surface area contributed by atoms with Crippen LogP contribution in [-0.2, 0) is 4.79 Å². The highest BCUT2D eigenvalue weighted by Crippen LogP contribution is 2.41. The van der Waals surface area contributed by atoms with Crippen LogP contribution < -0.4 is 14.8 Å². The van der Waals surface area contributed by atoms with Crippen molar-refractivity contribution in [2.45, 2.75) is 18.9 Å². The molecular formula is C19H19Cl2NO3. The van der Waals surface area contributed by atoms with Crippen LogP contribution in [0.4, 0.5) is 0 Å². The minimum Gasteiger partial charge on any atom is -0.497 e. The molecule has 0 aromatic heterocycles. The van der Waals surface area contributed by atoms with Gasteiger partial charge in [0.15, 0.2) is 6.61 Å². The van der Waals surface area contributed by atoms with Crippen molar-refractivity contribution in [3.63, 3.8) is 0 Å². The van der Waals surface area contributed by atoms with Gasteiger partial charge < -0.3 is 14.8 Å². The number of methoxy groups -OCH3 is 1. The van der Waals surface area contributed by atoms with E-state index in [2.05, 4.69) is 5.32 Å². The molecule has 132 valence electrons. The highest BCUT2D eigenvalue weighted by atomic mass is 35.5. The van der Waals surface area contributed by atoms with Crippen LogP contribution in [0.3, 0.4) is 0 Å². The quantitative estimate of drug-likeness (QED) is 0.761. The molecule has 25 heavy (non-hydrogen) atoms. The predicted molar refractivity (Wildman–Crippen MR) is 98.6 cm³/mol. The van der Waals surface area contributed by atoms with E-state index in [1.807, 2.05) is 24.3 Å². The molecule has 0 spiro atoms. The van der Waals surface area contributed by atoms with Crippen LogP contribution in [-0.4, -0.2) is 19.6 Å². The summed E-state index contributed by atoms with van der Waals surface area (Å²) in [5.74, 6) is 1.52. The van der Waals surface area contributed by atoms with Gasteiger partial charge in [-0.15, -0.1) is 0 Å². The molecule has 1 aliphatic carbocycles. The third kappa shape index (κ3) is 4.80. The monoisotopic (exact) mass is 379 g/mol. The van der Waals surface area contributed by atoms with Gasteiger partial charge in [0.1, 0.15) is 11.5 Å². The minimum atomic E-state index is -0.182. The van der Waals surface area contributed by atoms with E-state index in [0.29, 0.717) is 21.7 Å². The van der Waals surface area contributed by atoms with E-state index in [1.54, 1.807) is 25.3 Å². The van der Waals surface area contributed by atoms with Gasteiger partial charge in [0.2, 0.25) is 0 Å². The largest absolute Gasteiger partial charge is 0.497 e. The number of carbonyl (C=O) groups is 1. The standard InChI is InChI=1S/C19H19Cl2NO3/c1-24-15-7-4-13(5-8-15)19(12-2-3-12)22-18(23)11-25-17-9-6-14(20)10-16(17)21/h4-10,12,19H,2-3,11H2,1H3,(H,22,23). The Bertz CT molecular complexity index is 745. The number of hydrogen-bond donors (Lipinski definition) is 1. The Morgan fingerprint density at radius 3 is 2.52 bits per heavy atom. The molecule has 2 aromatic carbocycles. The first-order valence-corrected chi connectivity index (χ1v) is 8.83. The molecule has 1 N–H and O–H groups in total. The van der Waals surface area contributed by atoms with Crippen molar-refractivity contribution >= 4 is 29.1 Å². The molecule has 1 unspecified atom stereocenters. The van der Waals surface area contributed by atoms with E-state index in [1.165, 1.54) is 0 Å². The zero-order valence-corrected chi connectivity index (χ0v) is 15.3. The maximum Gasteiger partial charge on any atom is 0.258 e. The molecule has 0 bridgehead atoms. The Balaban J connectivity index is 1.61. The number of halogens is 2. The summed E-state index contributed by atoms with van der Waals surface area (Å²) < 4.78 is 10.7. The van der Waals surface area contributed by atoms with Crippen molar-refractivity contribution in [1.29, 1.82) is 0 Å². The molecule has 0 saturated heterocycles. The van der Waals surface area contributed by atoms with Crippen LogP contribution in [0.1, 0.15) is 24.4 Å². The molecule has 2 aromatic rings. The van der Waals surface area contributed by atoms with E-state index < -0.39 is 0 Å². The second-order valence-electron chi connectivity index (χ2n) is 6.02. The van der Waals surface area contributed by atoms with Gasteiger partial charge in [-0.05, 0) is 54.7 Å². The molecule has 0 radical (unpaired) electrons. The fourth-order valence-electron chi connectivity index (χ4n) is 2.66. The molecule has 6 heteroatoms. The first-order valence-electron chi connectivity index (χ1n) is 8.08. The van der Waals surface area contributed by atoms with Crippen LogP contribution in [0.2, 0.25) is 10.0 Å². The van der Waals surface area contributed by atoms with E-state index in [0.717, 1.165) is 24.2 Å². The number of hydrogen-bond acceptors (Lipinski definition) is 3. The summed E-state index contributed by atoms with van der Waals surface area (Å²) in [6, 6.07) is 12.7. The van der Waals surface area contributed by atoms with Gasteiger partial charge in [0.25, 0.3) is 5.91 Å². The first kappa shape index (κ1) is 17.9. The van der Waals surface area contributed by atoms with Gasteiger partial charge in [-0.2, -0.15) is 0 Å². The lowest BCUT2D eigenvalue weighted by atomic mass is 10.0. The molecule has 1 saturated carbocycles. The van der Waals surface area contributed by atoms with E-state index in [9.17, 15) is 4.79 Å². The maximum atomic E-state index is 12.3. The summed E-state index contributed by atoms with van der Waals surface area (Å²) >= 11 is 11.9. The summed E-state index contributed by atoms with van der Waals surface area (Å²) in [6.07, 6.45) is 2.22. The fraction of sp³-hybridized carbons (Fsp3) is 0.316. The SMILES string of the molecule is COc1ccc(C(NC(=O)COc2ccc(Cl)cc2Cl)C2CC2)cc1. The number of benzene rings is 2. The van der Waals surface area contributed by atoms with E-state index in [4.69, 9.17) is 32.7 Å². The number of amides is 1. The fourth-order valence-corrected chi connectivity index (χ4v) is 3.13. The Kier molecular flexibility index (Phi) is 5.71. The van der Waals surface area contributed by atoms with Crippen LogP contribution in [0, 0.1) is 5.92 Å². The number of rotatable bonds is 7. The van der Waals surface area contributed by atoms with Gasteiger partial charge in [0, 0.05) is 5.02 Å². The smallest absolute Gasteiger partial charge is 0.258 e. The van der Waals surface area contributed by atoms with Gasteiger partial charge in [0.05, 0.1) is 18.2 Å². The van der Waals surface area contributed by atoms with Crippen LogP contribution in [0.15, 0.2) is 42.5 Å². The molecule has 0 heterocycles. The molecule has 1 fully saturated rings.